The van der Waals surface area contributed by atoms with E-state index in [9.17, 15) is 22.8 Å². The number of pyridine rings is 1. The highest BCUT2D eigenvalue weighted by Gasteiger charge is 2.26. The van der Waals surface area contributed by atoms with Crippen LogP contribution in [0.1, 0.15) is 33.2 Å². The van der Waals surface area contributed by atoms with Gasteiger partial charge in [-0.1, -0.05) is 23.7 Å². The van der Waals surface area contributed by atoms with E-state index < -0.39 is 29.4 Å². The Labute approximate surface area is 233 Å². The molecule has 1 aromatic heterocycles. The van der Waals surface area contributed by atoms with Gasteiger partial charge in [-0.05, 0) is 78.1 Å². The molecule has 0 spiro atoms. The van der Waals surface area contributed by atoms with E-state index in [0.717, 1.165) is 29.8 Å². The Morgan fingerprint density at radius 1 is 1.02 bits per heavy atom. The zero-order chi connectivity index (χ0) is 28.4. The second-order valence-electron chi connectivity index (χ2n) is 9.54. The van der Waals surface area contributed by atoms with Crippen molar-refractivity contribution in [1.29, 1.82) is 0 Å². The molecule has 0 saturated carbocycles. The Kier molecular flexibility index (Phi) is 7.75. The number of carbonyl (C=O) groups excluding carboxylic acids is 2. The van der Waals surface area contributed by atoms with E-state index in [1.165, 1.54) is 30.5 Å². The second kappa shape index (κ2) is 11.4. The monoisotopic (exact) mass is 564 g/mol. The Morgan fingerprint density at radius 3 is 2.55 bits per heavy atom. The number of fused-ring (bicyclic) bond motifs is 1. The van der Waals surface area contributed by atoms with E-state index >= 15 is 0 Å². The molecule has 1 aliphatic heterocycles. The van der Waals surface area contributed by atoms with Crippen LogP contribution in [0.4, 0.5) is 18.9 Å². The van der Waals surface area contributed by atoms with Crippen molar-refractivity contribution in [1.82, 2.24) is 10.3 Å². The molecule has 3 N–H and O–H groups in total. The quantitative estimate of drug-likeness (QED) is 0.301. The van der Waals surface area contributed by atoms with Crippen molar-refractivity contribution in [3.8, 4) is 11.1 Å². The van der Waals surface area contributed by atoms with Crippen LogP contribution in [0.15, 0.2) is 72.9 Å². The van der Waals surface area contributed by atoms with Gasteiger partial charge >= 0.3 is 0 Å². The van der Waals surface area contributed by atoms with E-state index in [1.54, 1.807) is 18.2 Å². The number of nitrogens with zero attached hydrogens (tertiary/aromatic N) is 2. The average molecular weight is 565 g/mol. The molecular formula is C30H24ClF3N4O2. The molecule has 0 unspecified atom stereocenters. The van der Waals surface area contributed by atoms with Crippen LogP contribution in [0, 0.1) is 17.5 Å². The Morgan fingerprint density at radius 2 is 1.80 bits per heavy atom. The third kappa shape index (κ3) is 5.94. The summed E-state index contributed by atoms with van der Waals surface area (Å²) in [5.74, 6) is -3.54. The fraction of sp³-hybridized carbons (Fsp3) is 0.167. The lowest BCUT2D eigenvalue weighted by atomic mass is 9.94. The summed E-state index contributed by atoms with van der Waals surface area (Å²) in [6.45, 7) is 0.663. The van der Waals surface area contributed by atoms with Crippen LogP contribution in [-0.4, -0.2) is 29.9 Å². The molecule has 10 heteroatoms. The predicted octanol–water partition coefficient (Wildman–Crippen LogP) is 5.38. The predicted molar refractivity (Wildman–Crippen MR) is 146 cm³/mol. The molecule has 204 valence electrons. The highest BCUT2D eigenvalue weighted by atomic mass is 35.5. The lowest BCUT2D eigenvalue weighted by Crippen LogP contribution is -2.39. The number of hydrogen-bond acceptors (Lipinski definition) is 4. The number of primary amides is 1. The average Bonchev–Trinajstić information content (AvgIpc) is 3.29. The maximum Gasteiger partial charge on any atom is 0.251 e. The SMILES string of the molecule is NC(=O)c1cc(-c2cccnc2[C@H](Cc2cc(F)cc(F)c2)NC(=O)CN2CCc3cc(Cl)ccc32)ccc1F. The molecule has 3 aromatic carbocycles. The number of halogens is 4. The molecule has 40 heavy (non-hydrogen) atoms. The van der Waals surface area contributed by atoms with Gasteiger partial charge in [0.25, 0.3) is 5.91 Å². The van der Waals surface area contributed by atoms with Crippen LogP contribution < -0.4 is 16.0 Å². The highest BCUT2D eigenvalue weighted by molar-refractivity contribution is 6.30. The zero-order valence-corrected chi connectivity index (χ0v) is 21.9. The number of amides is 2. The van der Waals surface area contributed by atoms with Gasteiger partial charge in [-0.3, -0.25) is 14.6 Å². The number of benzene rings is 3. The van der Waals surface area contributed by atoms with Crippen molar-refractivity contribution in [2.75, 3.05) is 18.0 Å². The fourth-order valence-corrected chi connectivity index (χ4v) is 5.21. The fourth-order valence-electron chi connectivity index (χ4n) is 5.02. The largest absolute Gasteiger partial charge is 0.366 e. The standard InChI is InChI=1S/C30H24ClF3N4O2/c31-20-4-6-27-19(13-20)7-9-38(27)16-28(39)37-26(12-17-10-21(32)15-22(33)11-17)29-23(2-1-8-36-29)18-3-5-25(34)24(14-18)30(35)40/h1-6,8,10-11,13-15,26H,7,9,12,16H2,(H2,35,40)(H,37,39)/t26-/m0/s1. The summed E-state index contributed by atoms with van der Waals surface area (Å²) in [4.78, 5) is 31.5. The molecule has 2 amide bonds. The van der Waals surface area contributed by atoms with Crippen LogP contribution in [0.2, 0.25) is 5.02 Å². The van der Waals surface area contributed by atoms with Crippen molar-refractivity contribution in [2.45, 2.75) is 18.9 Å². The smallest absolute Gasteiger partial charge is 0.251 e. The van der Waals surface area contributed by atoms with Crippen LogP contribution in [0.25, 0.3) is 11.1 Å². The van der Waals surface area contributed by atoms with Gasteiger partial charge in [0.15, 0.2) is 0 Å². The van der Waals surface area contributed by atoms with Crippen LogP contribution in [0.3, 0.4) is 0 Å². The highest BCUT2D eigenvalue weighted by Crippen LogP contribution is 2.32. The number of hydrogen-bond donors (Lipinski definition) is 2. The molecule has 2 heterocycles. The van der Waals surface area contributed by atoms with E-state index in [-0.39, 0.29) is 24.4 Å². The van der Waals surface area contributed by atoms with Crippen molar-refractivity contribution in [3.05, 3.63) is 118 Å². The van der Waals surface area contributed by atoms with Crippen molar-refractivity contribution >= 4 is 29.1 Å². The van der Waals surface area contributed by atoms with E-state index in [4.69, 9.17) is 17.3 Å². The van der Waals surface area contributed by atoms with Gasteiger partial charge in [0.2, 0.25) is 5.91 Å². The third-order valence-corrected chi connectivity index (χ3v) is 7.01. The van der Waals surface area contributed by atoms with Gasteiger partial charge in [-0.15, -0.1) is 0 Å². The lowest BCUT2D eigenvalue weighted by Gasteiger charge is -2.24. The first-order valence-corrected chi connectivity index (χ1v) is 12.9. The van der Waals surface area contributed by atoms with Crippen LogP contribution in [-0.2, 0) is 17.6 Å². The number of nitrogens with one attached hydrogen (secondary N) is 1. The van der Waals surface area contributed by atoms with Crippen molar-refractivity contribution in [2.24, 2.45) is 5.73 Å². The maximum atomic E-state index is 14.2. The molecule has 6 nitrogen and oxygen atoms in total. The number of carbonyl (C=O) groups is 2. The first kappa shape index (κ1) is 27.2. The zero-order valence-electron chi connectivity index (χ0n) is 21.1. The minimum atomic E-state index is -0.933. The number of aromatic nitrogens is 1. The Balaban J connectivity index is 1.49. The minimum absolute atomic E-state index is 0.0144. The molecule has 1 atom stereocenters. The summed E-state index contributed by atoms with van der Waals surface area (Å²) >= 11 is 6.11. The molecule has 0 saturated heterocycles. The molecule has 0 fully saturated rings. The molecule has 0 bridgehead atoms. The third-order valence-electron chi connectivity index (χ3n) is 6.78. The van der Waals surface area contributed by atoms with E-state index in [2.05, 4.69) is 10.3 Å². The minimum Gasteiger partial charge on any atom is -0.366 e. The molecular weight excluding hydrogens is 541 g/mol. The summed E-state index contributed by atoms with van der Waals surface area (Å²) in [6, 6.07) is 15.1. The van der Waals surface area contributed by atoms with Gasteiger partial charge in [-0.2, -0.15) is 0 Å². The Hall–Kier alpha value is -4.37. The summed E-state index contributed by atoms with van der Waals surface area (Å²) in [5.41, 5.74) is 8.60. The van der Waals surface area contributed by atoms with Gasteiger partial charge in [0, 0.05) is 35.1 Å². The van der Waals surface area contributed by atoms with Crippen molar-refractivity contribution in [3.63, 3.8) is 0 Å². The molecule has 4 aromatic rings. The summed E-state index contributed by atoms with van der Waals surface area (Å²) in [6.07, 6.45) is 2.27. The number of nitrogens with two attached hydrogens (primary N) is 1. The van der Waals surface area contributed by atoms with E-state index in [0.29, 0.717) is 34.0 Å². The topological polar surface area (TPSA) is 88.3 Å². The first-order chi connectivity index (χ1) is 19.2. The number of anilines is 1. The lowest BCUT2D eigenvalue weighted by molar-refractivity contribution is -0.120. The molecule has 5 rings (SSSR count). The van der Waals surface area contributed by atoms with Crippen LogP contribution in [0.5, 0.6) is 0 Å². The second-order valence-corrected chi connectivity index (χ2v) is 9.98. The van der Waals surface area contributed by atoms with Gasteiger partial charge < -0.3 is 16.0 Å². The summed E-state index contributed by atoms with van der Waals surface area (Å²) in [7, 11) is 0. The Bertz CT molecular complexity index is 1590. The van der Waals surface area contributed by atoms with E-state index in [1.807, 2.05) is 17.0 Å². The summed E-state index contributed by atoms with van der Waals surface area (Å²) < 4.78 is 42.3. The molecule has 0 radical (unpaired) electrons. The van der Waals surface area contributed by atoms with Gasteiger partial charge in [-0.25, -0.2) is 13.2 Å². The first-order valence-electron chi connectivity index (χ1n) is 12.5. The van der Waals surface area contributed by atoms with Crippen molar-refractivity contribution < 1.29 is 22.8 Å². The normalized spacial score (nSPS) is 13.2. The number of rotatable bonds is 8. The van der Waals surface area contributed by atoms with Gasteiger partial charge in [0.05, 0.1) is 23.8 Å². The molecule has 1 aliphatic rings. The van der Waals surface area contributed by atoms with Crippen LogP contribution >= 0.6 is 11.6 Å². The molecule has 0 aliphatic carbocycles. The van der Waals surface area contributed by atoms with Gasteiger partial charge in [0.1, 0.15) is 17.5 Å². The summed E-state index contributed by atoms with van der Waals surface area (Å²) in [5, 5.41) is 3.59. The maximum absolute atomic E-state index is 14.2.